The van der Waals surface area contributed by atoms with Gasteiger partial charge in [-0.25, -0.2) is 4.98 Å². The molecule has 2 N–H and O–H groups in total. The summed E-state index contributed by atoms with van der Waals surface area (Å²) in [7, 11) is 0. The molecule has 0 radical (unpaired) electrons. The zero-order chi connectivity index (χ0) is 10.1. The number of halogens is 3. The van der Waals surface area contributed by atoms with Crippen molar-refractivity contribution in [2.75, 3.05) is 6.54 Å². The van der Waals surface area contributed by atoms with Crippen LogP contribution in [0.3, 0.4) is 0 Å². The highest BCUT2D eigenvalue weighted by Gasteiger charge is 2.40. The fraction of sp³-hybridized carbons (Fsp3) is 0.571. The molecule has 13 heavy (non-hydrogen) atoms. The topological polar surface area (TPSA) is 38.9 Å². The standard InChI is InChI=1S/C7H9F3N2S/c1-4-12-6(3-13-4)5(2-11)7(8,9)10/h3,5H,2,11H2,1H3. The van der Waals surface area contributed by atoms with E-state index < -0.39 is 18.6 Å². The van der Waals surface area contributed by atoms with Crippen LogP contribution in [0.2, 0.25) is 0 Å². The summed E-state index contributed by atoms with van der Waals surface area (Å²) < 4.78 is 36.9. The molecular formula is C7H9F3N2S. The smallest absolute Gasteiger partial charge is 0.329 e. The number of nitrogens with two attached hydrogens (primary N) is 1. The van der Waals surface area contributed by atoms with Crippen molar-refractivity contribution in [1.29, 1.82) is 0 Å². The first-order valence-electron chi connectivity index (χ1n) is 3.64. The van der Waals surface area contributed by atoms with E-state index in [1.807, 2.05) is 0 Å². The van der Waals surface area contributed by atoms with Gasteiger partial charge in [-0.05, 0) is 6.92 Å². The fourth-order valence-corrected chi connectivity index (χ4v) is 1.63. The number of hydrogen-bond acceptors (Lipinski definition) is 3. The zero-order valence-electron chi connectivity index (χ0n) is 6.93. The summed E-state index contributed by atoms with van der Waals surface area (Å²) in [5.74, 6) is -1.63. The minimum Gasteiger partial charge on any atom is -0.329 e. The van der Waals surface area contributed by atoms with Crippen LogP contribution >= 0.6 is 11.3 Å². The number of nitrogens with zero attached hydrogens (tertiary/aromatic N) is 1. The van der Waals surface area contributed by atoms with Crippen LogP contribution < -0.4 is 5.73 Å². The van der Waals surface area contributed by atoms with Gasteiger partial charge in [0, 0.05) is 11.9 Å². The highest BCUT2D eigenvalue weighted by molar-refractivity contribution is 7.09. The van der Waals surface area contributed by atoms with Crippen molar-refractivity contribution in [3.63, 3.8) is 0 Å². The highest BCUT2D eigenvalue weighted by atomic mass is 32.1. The molecule has 0 saturated carbocycles. The first-order chi connectivity index (χ1) is 5.95. The lowest BCUT2D eigenvalue weighted by Crippen LogP contribution is -2.28. The van der Waals surface area contributed by atoms with Crippen molar-refractivity contribution in [1.82, 2.24) is 4.98 Å². The minimum absolute atomic E-state index is 0.0255. The molecule has 1 unspecified atom stereocenters. The van der Waals surface area contributed by atoms with Crippen LogP contribution in [0.5, 0.6) is 0 Å². The van der Waals surface area contributed by atoms with E-state index in [1.165, 1.54) is 16.7 Å². The summed E-state index contributed by atoms with van der Waals surface area (Å²) >= 11 is 1.20. The summed E-state index contributed by atoms with van der Waals surface area (Å²) in [6, 6.07) is 0. The van der Waals surface area contributed by atoms with Crippen molar-refractivity contribution in [3.05, 3.63) is 16.1 Å². The van der Waals surface area contributed by atoms with Gasteiger partial charge in [-0.15, -0.1) is 11.3 Å². The first kappa shape index (κ1) is 10.5. The quantitative estimate of drug-likeness (QED) is 0.811. The molecule has 1 atom stereocenters. The molecule has 1 rings (SSSR count). The summed E-state index contributed by atoms with van der Waals surface area (Å²) in [6.07, 6.45) is -4.30. The number of thiazole rings is 1. The van der Waals surface area contributed by atoms with Crippen LogP contribution in [0.25, 0.3) is 0 Å². The van der Waals surface area contributed by atoms with E-state index in [0.717, 1.165) is 0 Å². The van der Waals surface area contributed by atoms with Crippen LogP contribution in [0, 0.1) is 6.92 Å². The summed E-state index contributed by atoms with van der Waals surface area (Å²) in [4.78, 5) is 3.77. The van der Waals surface area contributed by atoms with Crippen molar-refractivity contribution < 1.29 is 13.2 Å². The number of aromatic nitrogens is 1. The lowest BCUT2D eigenvalue weighted by Gasteiger charge is -2.15. The molecule has 1 aromatic rings. The van der Waals surface area contributed by atoms with Gasteiger partial charge >= 0.3 is 6.18 Å². The summed E-state index contributed by atoms with van der Waals surface area (Å²) in [6.45, 7) is 1.21. The van der Waals surface area contributed by atoms with Gasteiger partial charge in [-0.1, -0.05) is 0 Å². The van der Waals surface area contributed by atoms with Crippen molar-refractivity contribution in [3.8, 4) is 0 Å². The summed E-state index contributed by atoms with van der Waals surface area (Å²) in [5, 5.41) is 2.03. The molecule has 74 valence electrons. The van der Waals surface area contributed by atoms with Crippen molar-refractivity contribution in [2.24, 2.45) is 5.73 Å². The van der Waals surface area contributed by atoms with Crippen LogP contribution in [0.4, 0.5) is 13.2 Å². The van der Waals surface area contributed by atoms with E-state index in [2.05, 4.69) is 4.98 Å². The van der Waals surface area contributed by atoms with E-state index in [4.69, 9.17) is 5.73 Å². The van der Waals surface area contributed by atoms with Crippen LogP contribution in [0.15, 0.2) is 5.38 Å². The van der Waals surface area contributed by atoms with Gasteiger partial charge in [0.15, 0.2) is 0 Å². The number of aryl methyl sites for hydroxylation is 1. The van der Waals surface area contributed by atoms with E-state index in [9.17, 15) is 13.2 Å². The predicted molar refractivity (Wildman–Crippen MR) is 44.7 cm³/mol. The molecule has 0 aliphatic rings. The minimum atomic E-state index is -4.30. The maximum atomic E-state index is 12.3. The third-order valence-corrected chi connectivity index (χ3v) is 2.42. The molecule has 0 spiro atoms. The van der Waals surface area contributed by atoms with Crippen LogP contribution in [-0.2, 0) is 0 Å². The third kappa shape index (κ3) is 2.41. The molecular weight excluding hydrogens is 201 g/mol. The van der Waals surface area contributed by atoms with Gasteiger partial charge in [0.2, 0.25) is 0 Å². The molecule has 0 bridgehead atoms. The Labute approximate surface area is 77.6 Å². The largest absolute Gasteiger partial charge is 0.398 e. The second-order valence-corrected chi connectivity index (χ2v) is 3.68. The summed E-state index contributed by atoms with van der Waals surface area (Å²) in [5.41, 5.74) is 5.07. The monoisotopic (exact) mass is 210 g/mol. The molecule has 0 amide bonds. The van der Waals surface area contributed by atoms with Gasteiger partial charge in [0.05, 0.1) is 10.7 Å². The molecule has 1 heterocycles. The lowest BCUT2D eigenvalue weighted by molar-refractivity contribution is -0.148. The molecule has 0 aliphatic heterocycles. The average molecular weight is 210 g/mol. The van der Waals surface area contributed by atoms with Crippen LogP contribution in [-0.4, -0.2) is 17.7 Å². The van der Waals surface area contributed by atoms with Gasteiger partial charge in [-0.2, -0.15) is 13.2 Å². The Balaban J connectivity index is 2.91. The highest BCUT2D eigenvalue weighted by Crippen LogP contribution is 2.34. The second-order valence-electron chi connectivity index (χ2n) is 2.62. The van der Waals surface area contributed by atoms with E-state index >= 15 is 0 Å². The first-order valence-corrected chi connectivity index (χ1v) is 4.52. The Hall–Kier alpha value is -0.620. The third-order valence-electron chi connectivity index (χ3n) is 1.62. The molecule has 2 nitrogen and oxygen atoms in total. The molecule has 0 saturated heterocycles. The normalized spacial score (nSPS) is 14.5. The van der Waals surface area contributed by atoms with Crippen LogP contribution in [0.1, 0.15) is 16.6 Å². The molecule has 6 heteroatoms. The van der Waals surface area contributed by atoms with Gasteiger partial charge in [0.25, 0.3) is 0 Å². The molecule has 1 aromatic heterocycles. The van der Waals surface area contributed by atoms with Crippen molar-refractivity contribution >= 4 is 11.3 Å². The molecule has 0 aromatic carbocycles. The SMILES string of the molecule is Cc1nc(C(CN)C(F)(F)F)cs1. The average Bonchev–Trinajstić information content (AvgIpc) is 2.34. The fourth-order valence-electron chi connectivity index (χ4n) is 0.962. The number of rotatable bonds is 2. The van der Waals surface area contributed by atoms with E-state index in [0.29, 0.717) is 5.01 Å². The maximum absolute atomic E-state index is 12.3. The van der Waals surface area contributed by atoms with Crippen molar-refractivity contribution in [2.45, 2.75) is 19.0 Å². The Morgan fingerprint density at radius 2 is 2.23 bits per heavy atom. The second kappa shape index (κ2) is 3.63. The Bertz CT molecular complexity index is 282. The lowest BCUT2D eigenvalue weighted by atomic mass is 10.1. The Kier molecular flexibility index (Phi) is 2.92. The Morgan fingerprint density at radius 3 is 2.54 bits per heavy atom. The number of alkyl halides is 3. The predicted octanol–water partition coefficient (Wildman–Crippen LogP) is 2.06. The van der Waals surface area contributed by atoms with E-state index in [1.54, 1.807) is 6.92 Å². The Morgan fingerprint density at radius 1 is 1.62 bits per heavy atom. The van der Waals surface area contributed by atoms with Gasteiger partial charge in [-0.3, -0.25) is 0 Å². The number of hydrogen-bond donors (Lipinski definition) is 1. The van der Waals surface area contributed by atoms with E-state index in [-0.39, 0.29) is 5.69 Å². The van der Waals surface area contributed by atoms with Gasteiger partial charge < -0.3 is 5.73 Å². The van der Waals surface area contributed by atoms with Gasteiger partial charge in [0.1, 0.15) is 5.92 Å². The maximum Gasteiger partial charge on any atom is 0.398 e. The molecule has 0 fully saturated rings. The zero-order valence-corrected chi connectivity index (χ0v) is 7.75. The molecule has 0 aliphatic carbocycles.